The van der Waals surface area contributed by atoms with Crippen LogP contribution < -0.4 is 5.32 Å². The zero-order chi connectivity index (χ0) is 14.1. The molecular weight excluding hydrogens is 323 g/mol. The Labute approximate surface area is 122 Å². The number of hydrogen-bond acceptors (Lipinski definition) is 1. The third-order valence-corrected chi connectivity index (χ3v) is 3.60. The van der Waals surface area contributed by atoms with Gasteiger partial charge < -0.3 is 10.3 Å². The molecule has 1 amide bonds. The number of benzene rings is 2. The van der Waals surface area contributed by atoms with Crippen LogP contribution in [0.2, 0.25) is 0 Å². The van der Waals surface area contributed by atoms with Crippen molar-refractivity contribution in [3.8, 4) is 0 Å². The molecule has 0 aliphatic rings. The minimum atomic E-state index is -0.365. The minimum Gasteiger partial charge on any atom is -0.361 e. The van der Waals surface area contributed by atoms with Gasteiger partial charge in [0.1, 0.15) is 5.82 Å². The molecule has 2 N–H and O–H groups in total. The molecule has 0 saturated carbocycles. The number of nitrogens with one attached hydrogen (secondary N) is 2. The van der Waals surface area contributed by atoms with Crippen LogP contribution in [0, 0.1) is 5.82 Å². The number of anilines is 1. The second-order valence-corrected chi connectivity index (χ2v) is 5.22. The zero-order valence-electron chi connectivity index (χ0n) is 10.3. The number of rotatable bonds is 2. The van der Waals surface area contributed by atoms with Crippen molar-refractivity contribution < 1.29 is 9.18 Å². The Balaban J connectivity index is 1.86. The predicted octanol–water partition coefficient (Wildman–Crippen LogP) is 4.32. The molecule has 0 aliphatic heterocycles. The summed E-state index contributed by atoms with van der Waals surface area (Å²) in [6.07, 6.45) is 1.82. The van der Waals surface area contributed by atoms with E-state index in [1.807, 2.05) is 18.3 Å². The van der Waals surface area contributed by atoms with Gasteiger partial charge in [0.15, 0.2) is 0 Å². The van der Waals surface area contributed by atoms with Gasteiger partial charge in [-0.15, -0.1) is 0 Å². The number of H-pyrrole nitrogens is 1. The van der Waals surface area contributed by atoms with Gasteiger partial charge >= 0.3 is 0 Å². The summed E-state index contributed by atoms with van der Waals surface area (Å²) in [7, 11) is 0. The highest BCUT2D eigenvalue weighted by molar-refractivity contribution is 9.10. The molecule has 0 spiro atoms. The first kappa shape index (κ1) is 12.9. The number of fused-ring (bicyclic) bond motifs is 1. The molecule has 3 aromatic rings. The summed E-state index contributed by atoms with van der Waals surface area (Å²) in [5.41, 5.74) is 1.98. The maximum absolute atomic E-state index is 13.1. The van der Waals surface area contributed by atoms with Crippen LogP contribution in [0.5, 0.6) is 0 Å². The van der Waals surface area contributed by atoms with Crippen molar-refractivity contribution >= 4 is 38.4 Å². The number of carbonyl (C=O) groups excluding carboxylic acids is 1. The monoisotopic (exact) mass is 332 g/mol. The molecule has 1 heterocycles. The Kier molecular flexibility index (Phi) is 3.28. The SMILES string of the molecule is O=C(Nc1ccc(F)c(Br)c1)c1ccc2cc[nH]c2c1. The van der Waals surface area contributed by atoms with Crippen molar-refractivity contribution in [2.24, 2.45) is 0 Å². The van der Waals surface area contributed by atoms with Crippen LogP contribution in [0.15, 0.2) is 53.1 Å². The van der Waals surface area contributed by atoms with Crippen molar-refractivity contribution in [2.45, 2.75) is 0 Å². The van der Waals surface area contributed by atoms with E-state index in [9.17, 15) is 9.18 Å². The molecular formula is C15H10BrFN2O. The molecule has 5 heteroatoms. The van der Waals surface area contributed by atoms with E-state index < -0.39 is 0 Å². The summed E-state index contributed by atoms with van der Waals surface area (Å²) < 4.78 is 13.4. The average molecular weight is 333 g/mol. The Morgan fingerprint density at radius 2 is 2.00 bits per heavy atom. The topological polar surface area (TPSA) is 44.9 Å². The van der Waals surface area contributed by atoms with Gasteiger partial charge in [0, 0.05) is 23.0 Å². The first-order valence-corrected chi connectivity index (χ1v) is 6.76. The summed E-state index contributed by atoms with van der Waals surface area (Å²) in [5, 5.41) is 3.78. The zero-order valence-corrected chi connectivity index (χ0v) is 11.9. The number of amides is 1. The molecule has 2 aromatic carbocycles. The van der Waals surface area contributed by atoms with Crippen LogP contribution in [0.4, 0.5) is 10.1 Å². The quantitative estimate of drug-likeness (QED) is 0.721. The lowest BCUT2D eigenvalue weighted by Crippen LogP contribution is -2.11. The van der Waals surface area contributed by atoms with E-state index in [1.54, 1.807) is 12.1 Å². The first-order valence-electron chi connectivity index (χ1n) is 5.97. The van der Waals surface area contributed by atoms with Crippen LogP contribution >= 0.6 is 15.9 Å². The highest BCUT2D eigenvalue weighted by atomic mass is 79.9. The maximum atomic E-state index is 13.1. The lowest BCUT2D eigenvalue weighted by Gasteiger charge is -2.06. The predicted molar refractivity (Wildman–Crippen MR) is 80.4 cm³/mol. The Hall–Kier alpha value is -2.14. The Morgan fingerprint density at radius 1 is 1.15 bits per heavy atom. The van der Waals surface area contributed by atoms with E-state index in [0.717, 1.165) is 10.9 Å². The molecule has 3 rings (SSSR count). The van der Waals surface area contributed by atoms with E-state index in [4.69, 9.17) is 0 Å². The number of halogens is 2. The van der Waals surface area contributed by atoms with Gasteiger partial charge in [-0.3, -0.25) is 4.79 Å². The normalized spacial score (nSPS) is 10.7. The van der Waals surface area contributed by atoms with Crippen LogP contribution in [0.25, 0.3) is 10.9 Å². The third kappa shape index (κ3) is 2.44. The fourth-order valence-electron chi connectivity index (χ4n) is 1.97. The average Bonchev–Trinajstić information content (AvgIpc) is 2.90. The molecule has 0 fully saturated rings. The molecule has 0 atom stereocenters. The Morgan fingerprint density at radius 3 is 2.80 bits per heavy atom. The maximum Gasteiger partial charge on any atom is 0.255 e. The fourth-order valence-corrected chi connectivity index (χ4v) is 2.35. The van der Waals surface area contributed by atoms with Gasteiger partial charge in [0.05, 0.1) is 4.47 Å². The van der Waals surface area contributed by atoms with E-state index in [0.29, 0.717) is 15.7 Å². The molecule has 1 aromatic heterocycles. The molecule has 3 nitrogen and oxygen atoms in total. The van der Waals surface area contributed by atoms with Gasteiger partial charge in [0.25, 0.3) is 5.91 Å². The Bertz CT molecular complexity index is 797. The summed E-state index contributed by atoms with van der Waals surface area (Å²) in [5.74, 6) is -0.601. The highest BCUT2D eigenvalue weighted by Gasteiger charge is 2.08. The van der Waals surface area contributed by atoms with E-state index in [-0.39, 0.29) is 11.7 Å². The van der Waals surface area contributed by atoms with Crippen molar-refractivity contribution in [3.05, 3.63) is 64.5 Å². The second-order valence-electron chi connectivity index (χ2n) is 4.36. The lowest BCUT2D eigenvalue weighted by atomic mass is 10.1. The van der Waals surface area contributed by atoms with Crippen molar-refractivity contribution in [1.82, 2.24) is 4.98 Å². The molecule has 0 unspecified atom stereocenters. The number of aromatic amines is 1. The second kappa shape index (κ2) is 5.09. The first-order chi connectivity index (χ1) is 9.63. The van der Waals surface area contributed by atoms with Crippen LogP contribution in [0.3, 0.4) is 0 Å². The molecule has 0 radical (unpaired) electrons. The lowest BCUT2D eigenvalue weighted by molar-refractivity contribution is 0.102. The largest absolute Gasteiger partial charge is 0.361 e. The van der Waals surface area contributed by atoms with Crippen molar-refractivity contribution in [1.29, 1.82) is 0 Å². The van der Waals surface area contributed by atoms with Crippen molar-refractivity contribution in [2.75, 3.05) is 5.32 Å². The molecule has 100 valence electrons. The molecule has 0 saturated heterocycles. The molecule has 0 bridgehead atoms. The summed E-state index contributed by atoms with van der Waals surface area (Å²) >= 11 is 3.09. The van der Waals surface area contributed by atoms with Gasteiger partial charge in [-0.2, -0.15) is 0 Å². The summed E-state index contributed by atoms with van der Waals surface area (Å²) in [4.78, 5) is 15.2. The third-order valence-electron chi connectivity index (χ3n) is 2.99. The van der Waals surface area contributed by atoms with E-state index in [2.05, 4.69) is 26.2 Å². The van der Waals surface area contributed by atoms with Crippen LogP contribution in [-0.4, -0.2) is 10.9 Å². The van der Waals surface area contributed by atoms with Gasteiger partial charge in [0.2, 0.25) is 0 Å². The van der Waals surface area contributed by atoms with E-state index >= 15 is 0 Å². The van der Waals surface area contributed by atoms with Crippen LogP contribution in [0.1, 0.15) is 10.4 Å². The molecule has 0 aliphatic carbocycles. The van der Waals surface area contributed by atoms with E-state index in [1.165, 1.54) is 18.2 Å². The van der Waals surface area contributed by atoms with Gasteiger partial charge in [-0.05, 0) is 57.7 Å². The van der Waals surface area contributed by atoms with Gasteiger partial charge in [-0.25, -0.2) is 4.39 Å². The summed E-state index contributed by atoms with van der Waals surface area (Å²) in [6, 6.07) is 11.7. The van der Waals surface area contributed by atoms with Gasteiger partial charge in [-0.1, -0.05) is 6.07 Å². The molecule has 20 heavy (non-hydrogen) atoms. The highest BCUT2D eigenvalue weighted by Crippen LogP contribution is 2.21. The number of hydrogen-bond donors (Lipinski definition) is 2. The van der Waals surface area contributed by atoms with Crippen LogP contribution in [-0.2, 0) is 0 Å². The number of aromatic nitrogens is 1. The minimum absolute atomic E-state index is 0.236. The standard InChI is InChI=1S/C15H10BrFN2O/c16-12-8-11(3-4-13(12)17)19-15(20)10-2-1-9-5-6-18-14(9)7-10/h1-8,18H,(H,19,20). The fraction of sp³-hybridized carbons (Fsp3) is 0. The van der Waals surface area contributed by atoms with Crippen molar-refractivity contribution in [3.63, 3.8) is 0 Å². The smallest absolute Gasteiger partial charge is 0.255 e. The number of carbonyl (C=O) groups is 1. The summed E-state index contributed by atoms with van der Waals surface area (Å²) in [6.45, 7) is 0.